The lowest BCUT2D eigenvalue weighted by molar-refractivity contribution is 0.0505. The maximum atomic E-state index is 12.8. The molecule has 2 N–H and O–H groups in total. The number of fused-ring (bicyclic) bond motifs is 1. The number of thiophene rings is 1. The molecule has 0 spiro atoms. The van der Waals surface area contributed by atoms with Gasteiger partial charge in [-0.3, -0.25) is 14.2 Å². The number of ether oxygens (including phenoxy) is 1. The number of hydrogen-bond acceptors (Lipinski definition) is 6. The molecule has 1 amide bonds. The van der Waals surface area contributed by atoms with Crippen LogP contribution in [0.4, 0.5) is 0 Å². The fraction of sp³-hybridized carbons (Fsp3) is 0.263. The van der Waals surface area contributed by atoms with E-state index in [1.807, 2.05) is 13.0 Å². The molecule has 0 fully saturated rings. The number of carbonyl (C=O) groups is 2. The summed E-state index contributed by atoms with van der Waals surface area (Å²) in [4.78, 5) is 41.5. The molecule has 0 radical (unpaired) electrons. The lowest BCUT2D eigenvalue weighted by Crippen LogP contribution is -2.21. The third-order valence-electron chi connectivity index (χ3n) is 4.09. The number of amides is 1. The third kappa shape index (κ3) is 3.75. The smallest absolute Gasteiger partial charge is 0.338 e. The number of nitrogens with zero attached hydrogens (tertiary/aromatic N) is 2. The molecule has 0 saturated heterocycles. The molecule has 7 nitrogen and oxygen atoms in total. The van der Waals surface area contributed by atoms with Crippen molar-refractivity contribution in [3.63, 3.8) is 0 Å². The number of rotatable bonds is 6. The minimum Gasteiger partial charge on any atom is -0.462 e. The fourth-order valence-corrected chi connectivity index (χ4v) is 3.77. The molecule has 3 rings (SSSR count). The number of nitrogens with two attached hydrogens (primary N) is 1. The zero-order chi connectivity index (χ0) is 19.6. The van der Waals surface area contributed by atoms with E-state index in [0.717, 1.165) is 23.3 Å². The van der Waals surface area contributed by atoms with E-state index in [9.17, 15) is 14.4 Å². The summed E-state index contributed by atoms with van der Waals surface area (Å²) >= 11 is 1.11. The van der Waals surface area contributed by atoms with Gasteiger partial charge >= 0.3 is 5.97 Å². The van der Waals surface area contributed by atoms with Crippen molar-refractivity contribution in [1.29, 1.82) is 0 Å². The average molecular weight is 385 g/mol. The molecule has 0 aliphatic carbocycles. The summed E-state index contributed by atoms with van der Waals surface area (Å²) in [7, 11) is 0. The molecule has 0 unspecified atom stereocenters. The molecule has 140 valence electrons. The highest BCUT2D eigenvalue weighted by atomic mass is 32.1. The highest BCUT2D eigenvalue weighted by Gasteiger charge is 2.17. The summed E-state index contributed by atoms with van der Waals surface area (Å²) in [6.45, 7) is 4.23. The summed E-state index contributed by atoms with van der Waals surface area (Å²) in [5.74, 6) is -0.959. The van der Waals surface area contributed by atoms with E-state index in [2.05, 4.69) is 4.98 Å². The average Bonchev–Trinajstić information content (AvgIpc) is 3.00. The predicted molar refractivity (Wildman–Crippen MR) is 103 cm³/mol. The molecule has 0 saturated carbocycles. The standard InChI is InChI=1S/C19H19N3O4S/c1-3-7-26-19(25)13-6-4-5-12(8-13)9-22-10-21-17-14(18(22)24)11(2)15(27-17)16(20)23/h4-6,8,10H,3,7,9H2,1-2H3,(H2,20,23). The van der Waals surface area contributed by atoms with Crippen molar-refractivity contribution in [1.82, 2.24) is 9.55 Å². The molecule has 27 heavy (non-hydrogen) atoms. The Hall–Kier alpha value is -3.00. The van der Waals surface area contributed by atoms with Gasteiger partial charge < -0.3 is 10.5 Å². The SMILES string of the molecule is CCCOC(=O)c1cccc(Cn2cnc3sc(C(N)=O)c(C)c3c2=O)c1. The van der Waals surface area contributed by atoms with Crippen LogP contribution in [0.15, 0.2) is 35.4 Å². The number of benzene rings is 1. The van der Waals surface area contributed by atoms with E-state index in [4.69, 9.17) is 10.5 Å². The monoisotopic (exact) mass is 385 g/mol. The molecular weight excluding hydrogens is 366 g/mol. The lowest BCUT2D eigenvalue weighted by Gasteiger charge is -2.08. The first-order chi connectivity index (χ1) is 12.9. The molecule has 0 bridgehead atoms. The van der Waals surface area contributed by atoms with Crippen molar-refractivity contribution in [2.75, 3.05) is 6.61 Å². The summed E-state index contributed by atoms with van der Waals surface area (Å²) < 4.78 is 6.59. The molecule has 8 heteroatoms. The van der Waals surface area contributed by atoms with E-state index in [-0.39, 0.29) is 18.1 Å². The predicted octanol–water partition coefficient (Wildman–Crippen LogP) is 2.48. The summed E-state index contributed by atoms with van der Waals surface area (Å²) in [6.07, 6.45) is 2.19. The van der Waals surface area contributed by atoms with Gasteiger partial charge in [0.05, 0.1) is 35.3 Å². The largest absolute Gasteiger partial charge is 0.462 e. The number of esters is 1. The number of aryl methyl sites for hydroxylation is 1. The van der Waals surface area contributed by atoms with Crippen molar-refractivity contribution in [3.8, 4) is 0 Å². The van der Waals surface area contributed by atoms with Gasteiger partial charge in [-0.2, -0.15) is 0 Å². The Morgan fingerprint density at radius 2 is 2.11 bits per heavy atom. The minimum atomic E-state index is -0.570. The molecule has 0 aliphatic rings. The third-order valence-corrected chi connectivity index (χ3v) is 5.31. The van der Waals surface area contributed by atoms with Crippen LogP contribution in [0.25, 0.3) is 10.2 Å². The van der Waals surface area contributed by atoms with Crippen LogP contribution in [-0.4, -0.2) is 28.0 Å². The van der Waals surface area contributed by atoms with Gasteiger partial charge in [0.15, 0.2) is 0 Å². The van der Waals surface area contributed by atoms with Crippen LogP contribution >= 0.6 is 11.3 Å². The Kier molecular flexibility index (Phi) is 5.36. The summed E-state index contributed by atoms with van der Waals surface area (Å²) in [5, 5.41) is 0.398. The van der Waals surface area contributed by atoms with E-state index >= 15 is 0 Å². The van der Waals surface area contributed by atoms with Gasteiger partial charge in [-0.25, -0.2) is 9.78 Å². The second kappa shape index (κ2) is 7.71. The summed E-state index contributed by atoms with van der Waals surface area (Å²) in [5.41, 5.74) is 6.86. The van der Waals surface area contributed by atoms with Crippen LogP contribution in [0.3, 0.4) is 0 Å². The molecule has 2 aromatic heterocycles. The minimum absolute atomic E-state index is 0.248. The van der Waals surface area contributed by atoms with Gasteiger partial charge in [-0.15, -0.1) is 11.3 Å². The molecule has 3 aromatic rings. The highest BCUT2D eigenvalue weighted by Crippen LogP contribution is 2.26. The Labute approximate surface area is 159 Å². The highest BCUT2D eigenvalue weighted by molar-refractivity contribution is 7.20. The van der Waals surface area contributed by atoms with Crippen LogP contribution in [-0.2, 0) is 11.3 Å². The van der Waals surface area contributed by atoms with Crippen molar-refractivity contribution in [2.45, 2.75) is 26.8 Å². The van der Waals surface area contributed by atoms with E-state index < -0.39 is 5.91 Å². The van der Waals surface area contributed by atoms with Gasteiger partial charge in [0.25, 0.3) is 11.5 Å². The second-order valence-corrected chi connectivity index (χ2v) is 7.11. The first kappa shape index (κ1) is 18.8. The van der Waals surface area contributed by atoms with Crippen LogP contribution in [0.5, 0.6) is 0 Å². The number of hydrogen-bond donors (Lipinski definition) is 1. The van der Waals surface area contributed by atoms with Gasteiger partial charge in [0, 0.05) is 0 Å². The van der Waals surface area contributed by atoms with Crippen LogP contribution in [0.1, 0.15) is 44.5 Å². The number of aromatic nitrogens is 2. The number of primary amides is 1. The Bertz CT molecular complexity index is 1080. The Morgan fingerprint density at radius 1 is 1.33 bits per heavy atom. The summed E-state index contributed by atoms with van der Waals surface area (Å²) in [6, 6.07) is 6.94. The number of carbonyl (C=O) groups excluding carboxylic acids is 2. The van der Waals surface area contributed by atoms with Gasteiger partial charge in [0.1, 0.15) is 4.83 Å². The maximum Gasteiger partial charge on any atom is 0.338 e. The Morgan fingerprint density at radius 3 is 2.81 bits per heavy atom. The van der Waals surface area contributed by atoms with E-state index in [1.165, 1.54) is 10.9 Å². The van der Waals surface area contributed by atoms with Crippen molar-refractivity contribution in [2.24, 2.45) is 5.73 Å². The molecule has 1 aromatic carbocycles. The van der Waals surface area contributed by atoms with Crippen molar-refractivity contribution < 1.29 is 14.3 Å². The topological polar surface area (TPSA) is 104 Å². The van der Waals surface area contributed by atoms with Crippen LogP contribution in [0.2, 0.25) is 0 Å². The van der Waals surface area contributed by atoms with Gasteiger partial charge in [0.2, 0.25) is 0 Å². The van der Waals surface area contributed by atoms with Crippen molar-refractivity contribution >= 4 is 33.4 Å². The molecule has 0 aliphatic heterocycles. The second-order valence-electron chi connectivity index (χ2n) is 6.11. The maximum absolute atomic E-state index is 12.8. The Balaban J connectivity index is 1.94. The van der Waals surface area contributed by atoms with E-state index in [1.54, 1.807) is 25.1 Å². The van der Waals surface area contributed by atoms with Gasteiger partial charge in [-0.1, -0.05) is 19.1 Å². The molecule has 2 heterocycles. The first-order valence-electron chi connectivity index (χ1n) is 8.46. The zero-order valence-electron chi connectivity index (χ0n) is 15.0. The van der Waals surface area contributed by atoms with Crippen LogP contribution in [0, 0.1) is 6.92 Å². The van der Waals surface area contributed by atoms with E-state index in [0.29, 0.717) is 32.8 Å². The normalized spacial score (nSPS) is 10.9. The lowest BCUT2D eigenvalue weighted by atomic mass is 10.1. The molecule has 0 atom stereocenters. The quantitative estimate of drug-likeness (QED) is 0.657. The van der Waals surface area contributed by atoms with Crippen LogP contribution < -0.4 is 11.3 Å². The van der Waals surface area contributed by atoms with Gasteiger partial charge in [-0.05, 0) is 36.6 Å². The first-order valence-corrected chi connectivity index (χ1v) is 9.28. The fourth-order valence-electron chi connectivity index (χ4n) is 2.78. The zero-order valence-corrected chi connectivity index (χ0v) is 15.8. The van der Waals surface area contributed by atoms with Crippen molar-refractivity contribution in [3.05, 3.63) is 62.5 Å². The molecular formula is C19H19N3O4S.